The van der Waals surface area contributed by atoms with Gasteiger partial charge in [0.1, 0.15) is 6.61 Å². The molecule has 5 heteroatoms. The summed E-state index contributed by atoms with van der Waals surface area (Å²) < 4.78 is 12.3. The van der Waals surface area contributed by atoms with Crippen molar-refractivity contribution >= 4 is 11.8 Å². The molecule has 2 aromatic carbocycles. The van der Waals surface area contributed by atoms with Crippen molar-refractivity contribution in [1.29, 1.82) is 0 Å². The van der Waals surface area contributed by atoms with Gasteiger partial charge >= 0.3 is 5.97 Å². The minimum atomic E-state index is -0.537. The quantitative estimate of drug-likeness (QED) is 0.388. The van der Waals surface area contributed by atoms with Crippen LogP contribution in [0.5, 0.6) is 0 Å². The Morgan fingerprint density at radius 2 is 1.47 bits per heavy atom. The Morgan fingerprint density at radius 1 is 0.900 bits per heavy atom. The van der Waals surface area contributed by atoms with Gasteiger partial charge in [-0.3, -0.25) is 4.79 Å². The first-order valence-corrected chi connectivity index (χ1v) is 10.1. The largest absolute Gasteiger partial charge is 0.456 e. The van der Waals surface area contributed by atoms with Crippen molar-refractivity contribution in [2.45, 2.75) is 26.8 Å². The molecule has 3 aromatic rings. The fourth-order valence-electron chi connectivity index (χ4n) is 3.67. The lowest BCUT2D eigenvalue weighted by Gasteiger charge is -2.24. The second-order valence-electron chi connectivity index (χ2n) is 7.10. The van der Waals surface area contributed by atoms with E-state index >= 15 is 0 Å². The first-order chi connectivity index (χ1) is 14.5. The maximum absolute atomic E-state index is 12.8. The second-order valence-corrected chi connectivity index (χ2v) is 7.10. The van der Waals surface area contributed by atoms with Crippen LogP contribution in [0, 0.1) is 13.8 Å². The molecule has 0 saturated carbocycles. The lowest BCUT2D eigenvalue weighted by molar-refractivity contribution is -0.147. The first-order valence-electron chi connectivity index (χ1n) is 10.1. The van der Waals surface area contributed by atoms with Crippen molar-refractivity contribution in [3.63, 3.8) is 0 Å². The van der Waals surface area contributed by atoms with E-state index in [4.69, 9.17) is 9.47 Å². The Labute approximate surface area is 177 Å². The predicted octanol–water partition coefficient (Wildman–Crippen LogP) is 4.51. The number of rotatable bonds is 9. The molecule has 0 N–H and O–H groups in total. The van der Waals surface area contributed by atoms with Gasteiger partial charge in [-0.25, -0.2) is 4.79 Å². The second kappa shape index (κ2) is 10.0. The number of aromatic nitrogens is 1. The van der Waals surface area contributed by atoms with E-state index < -0.39 is 5.97 Å². The molecule has 0 radical (unpaired) electrons. The van der Waals surface area contributed by atoms with Gasteiger partial charge in [-0.1, -0.05) is 60.7 Å². The van der Waals surface area contributed by atoms with Crippen molar-refractivity contribution in [2.75, 3.05) is 19.8 Å². The average molecular weight is 405 g/mol. The van der Waals surface area contributed by atoms with E-state index in [2.05, 4.69) is 28.8 Å². The Kier molecular flexibility index (Phi) is 7.20. The predicted molar refractivity (Wildman–Crippen MR) is 116 cm³/mol. The maximum atomic E-state index is 12.8. The fourth-order valence-corrected chi connectivity index (χ4v) is 3.67. The third-order valence-corrected chi connectivity index (χ3v) is 5.06. The van der Waals surface area contributed by atoms with Crippen LogP contribution in [0.4, 0.5) is 0 Å². The summed E-state index contributed by atoms with van der Waals surface area (Å²) in [5.74, 6) is -0.760. The average Bonchev–Trinajstić information content (AvgIpc) is 3.06. The number of nitrogens with zero attached hydrogens (tertiary/aromatic N) is 1. The highest BCUT2D eigenvalue weighted by Crippen LogP contribution is 2.31. The van der Waals surface area contributed by atoms with Crippen LogP contribution in [0.1, 0.15) is 45.8 Å². The molecule has 0 aliphatic carbocycles. The van der Waals surface area contributed by atoms with Crippen molar-refractivity contribution < 1.29 is 19.1 Å². The van der Waals surface area contributed by atoms with Gasteiger partial charge < -0.3 is 14.0 Å². The summed E-state index contributed by atoms with van der Waals surface area (Å²) in [6.07, 6.45) is 0. The van der Waals surface area contributed by atoms with Crippen LogP contribution in [0.2, 0.25) is 0 Å². The molecule has 0 spiro atoms. The molecule has 0 fully saturated rings. The zero-order valence-electron chi connectivity index (χ0n) is 17.6. The summed E-state index contributed by atoms with van der Waals surface area (Å²) in [5, 5.41) is 0. The Balaban J connectivity index is 1.92. The number of aryl methyl sites for hydroxylation is 1. The molecule has 0 atom stereocenters. The van der Waals surface area contributed by atoms with E-state index in [-0.39, 0.29) is 25.0 Å². The van der Waals surface area contributed by atoms with Crippen molar-refractivity contribution in [3.05, 3.63) is 94.8 Å². The van der Waals surface area contributed by atoms with E-state index in [1.165, 1.54) is 0 Å². The molecule has 30 heavy (non-hydrogen) atoms. The molecule has 3 rings (SSSR count). The number of esters is 1. The number of carbonyl (C=O) groups is 2. The number of carbonyl (C=O) groups excluding carboxylic acids is 2. The maximum Gasteiger partial charge on any atom is 0.332 e. The van der Waals surface area contributed by atoms with Crippen molar-refractivity contribution in [1.82, 2.24) is 4.57 Å². The number of hydrogen-bond donors (Lipinski definition) is 0. The van der Waals surface area contributed by atoms with Gasteiger partial charge in [-0.2, -0.15) is 0 Å². The Hall–Kier alpha value is -3.18. The zero-order chi connectivity index (χ0) is 21.5. The van der Waals surface area contributed by atoms with Crippen LogP contribution in [-0.4, -0.2) is 36.1 Å². The van der Waals surface area contributed by atoms with Crippen LogP contribution < -0.4 is 0 Å². The number of benzene rings is 2. The molecule has 156 valence electrons. The molecule has 0 unspecified atom stereocenters. The van der Waals surface area contributed by atoms with Crippen LogP contribution in [-0.2, 0) is 14.3 Å². The summed E-state index contributed by atoms with van der Waals surface area (Å²) >= 11 is 0. The molecule has 0 amide bonds. The summed E-state index contributed by atoms with van der Waals surface area (Å²) in [6.45, 7) is 5.70. The third kappa shape index (κ3) is 4.86. The molecule has 0 saturated heterocycles. The minimum absolute atomic E-state index is 0.0607. The van der Waals surface area contributed by atoms with E-state index in [0.29, 0.717) is 12.2 Å². The summed E-state index contributed by atoms with van der Waals surface area (Å²) in [4.78, 5) is 24.4. The topological polar surface area (TPSA) is 57.5 Å². The number of ether oxygens (including phenoxy) is 2. The minimum Gasteiger partial charge on any atom is -0.456 e. The zero-order valence-corrected chi connectivity index (χ0v) is 17.6. The third-order valence-electron chi connectivity index (χ3n) is 5.06. The molecule has 1 heterocycles. The molecular formula is C25H27NO4. The number of hydrogen-bond acceptors (Lipinski definition) is 4. The molecule has 0 bridgehead atoms. The Morgan fingerprint density at radius 3 is 2.00 bits per heavy atom. The standard InChI is InChI=1S/C25H27NO4/c1-4-29-17-24(28)30-16-23(27)22-15-18(2)26(19(22)3)25(20-11-7-5-8-12-20)21-13-9-6-10-14-21/h5-15,25H,4,16-17H2,1-3H3. The first kappa shape index (κ1) is 21.5. The summed E-state index contributed by atoms with van der Waals surface area (Å²) in [7, 11) is 0. The van der Waals surface area contributed by atoms with Crippen LogP contribution >= 0.6 is 0 Å². The highest BCUT2D eigenvalue weighted by molar-refractivity contribution is 5.99. The van der Waals surface area contributed by atoms with Gasteiger partial charge in [0.05, 0.1) is 6.04 Å². The smallest absolute Gasteiger partial charge is 0.332 e. The van der Waals surface area contributed by atoms with Gasteiger partial charge in [0.2, 0.25) is 5.78 Å². The van der Waals surface area contributed by atoms with Gasteiger partial charge in [0.15, 0.2) is 6.61 Å². The lowest BCUT2D eigenvalue weighted by Crippen LogP contribution is -2.19. The monoisotopic (exact) mass is 405 g/mol. The van der Waals surface area contributed by atoms with Gasteiger partial charge in [0, 0.05) is 23.6 Å². The summed E-state index contributed by atoms with van der Waals surface area (Å²) in [6, 6.07) is 22.2. The van der Waals surface area contributed by atoms with E-state index in [1.54, 1.807) is 6.92 Å². The van der Waals surface area contributed by atoms with Crippen LogP contribution in [0.25, 0.3) is 0 Å². The van der Waals surface area contributed by atoms with Gasteiger partial charge in [-0.15, -0.1) is 0 Å². The number of Topliss-reactive ketones (excluding diaryl/α,β-unsaturated/α-hetero) is 1. The normalized spacial score (nSPS) is 10.9. The molecular weight excluding hydrogens is 378 g/mol. The van der Waals surface area contributed by atoms with E-state index in [1.807, 2.05) is 56.3 Å². The fraction of sp³-hybridized carbons (Fsp3) is 0.280. The van der Waals surface area contributed by atoms with Crippen LogP contribution in [0.15, 0.2) is 66.7 Å². The van der Waals surface area contributed by atoms with Crippen molar-refractivity contribution in [2.24, 2.45) is 0 Å². The van der Waals surface area contributed by atoms with E-state index in [0.717, 1.165) is 22.5 Å². The van der Waals surface area contributed by atoms with Gasteiger partial charge in [-0.05, 0) is 38.0 Å². The van der Waals surface area contributed by atoms with E-state index in [9.17, 15) is 9.59 Å². The molecule has 1 aromatic heterocycles. The van der Waals surface area contributed by atoms with Gasteiger partial charge in [0.25, 0.3) is 0 Å². The Bertz CT molecular complexity index is 953. The molecule has 5 nitrogen and oxygen atoms in total. The molecule has 0 aliphatic heterocycles. The molecule has 0 aliphatic rings. The van der Waals surface area contributed by atoms with Crippen molar-refractivity contribution in [3.8, 4) is 0 Å². The highest BCUT2D eigenvalue weighted by Gasteiger charge is 2.24. The SMILES string of the molecule is CCOCC(=O)OCC(=O)c1cc(C)n(C(c2ccccc2)c2ccccc2)c1C. The van der Waals surface area contributed by atoms with Crippen LogP contribution in [0.3, 0.4) is 0 Å². The highest BCUT2D eigenvalue weighted by atomic mass is 16.6. The summed E-state index contributed by atoms with van der Waals surface area (Å²) in [5.41, 5.74) is 4.64. The number of ketones is 1. The lowest BCUT2D eigenvalue weighted by atomic mass is 9.98.